The van der Waals surface area contributed by atoms with Crippen molar-refractivity contribution in [3.05, 3.63) is 60.4 Å². The molecule has 0 aliphatic heterocycles. The van der Waals surface area contributed by atoms with E-state index in [0.29, 0.717) is 11.3 Å². The SMILES string of the molecule is Cc1ccccc1Nc1ncnc2c1nnc1ccccc12. The zero-order chi connectivity index (χ0) is 14.9. The summed E-state index contributed by atoms with van der Waals surface area (Å²) in [6.45, 7) is 2.05. The van der Waals surface area contributed by atoms with Gasteiger partial charge in [0.05, 0.1) is 5.52 Å². The van der Waals surface area contributed by atoms with Crippen LogP contribution in [0.3, 0.4) is 0 Å². The Hall–Kier alpha value is -3.08. The number of aryl methyl sites for hydroxylation is 1. The summed E-state index contributed by atoms with van der Waals surface area (Å²) in [6, 6.07) is 15.9. The lowest BCUT2D eigenvalue weighted by Crippen LogP contribution is -2.00. The molecule has 0 fully saturated rings. The molecule has 2 heterocycles. The minimum atomic E-state index is 0.664. The van der Waals surface area contributed by atoms with Gasteiger partial charge in [0.25, 0.3) is 0 Å². The quantitative estimate of drug-likeness (QED) is 0.570. The van der Waals surface area contributed by atoms with Crippen LogP contribution >= 0.6 is 0 Å². The van der Waals surface area contributed by atoms with Crippen LogP contribution in [0.2, 0.25) is 0 Å². The van der Waals surface area contributed by atoms with Crippen LogP contribution in [-0.2, 0) is 0 Å². The highest BCUT2D eigenvalue weighted by Gasteiger charge is 2.10. The van der Waals surface area contributed by atoms with Crippen LogP contribution in [0, 0.1) is 6.92 Å². The molecule has 0 atom stereocenters. The number of hydrogen-bond acceptors (Lipinski definition) is 5. The van der Waals surface area contributed by atoms with E-state index in [1.165, 1.54) is 0 Å². The van der Waals surface area contributed by atoms with Gasteiger partial charge in [0.15, 0.2) is 11.3 Å². The van der Waals surface area contributed by atoms with Gasteiger partial charge >= 0.3 is 0 Å². The maximum Gasteiger partial charge on any atom is 0.162 e. The third kappa shape index (κ3) is 2.03. The molecule has 4 aromatic rings. The number of para-hydroxylation sites is 1. The summed E-state index contributed by atoms with van der Waals surface area (Å²) in [5, 5.41) is 12.9. The normalized spacial score (nSPS) is 11.0. The fourth-order valence-corrected chi connectivity index (χ4v) is 2.47. The lowest BCUT2D eigenvalue weighted by atomic mass is 10.2. The predicted molar refractivity (Wildman–Crippen MR) is 87.1 cm³/mol. The van der Waals surface area contributed by atoms with Crippen LogP contribution in [0.25, 0.3) is 21.9 Å². The highest BCUT2D eigenvalue weighted by molar-refractivity contribution is 6.04. The number of anilines is 2. The Bertz CT molecular complexity index is 981. The molecule has 4 rings (SSSR count). The van der Waals surface area contributed by atoms with Crippen molar-refractivity contribution in [2.45, 2.75) is 6.92 Å². The Morgan fingerprint density at radius 1 is 0.818 bits per heavy atom. The molecular formula is C17H13N5. The second-order valence-corrected chi connectivity index (χ2v) is 5.08. The zero-order valence-electron chi connectivity index (χ0n) is 12.0. The Morgan fingerprint density at radius 3 is 2.55 bits per heavy atom. The Kier molecular flexibility index (Phi) is 2.89. The zero-order valence-corrected chi connectivity index (χ0v) is 12.0. The molecule has 2 aromatic heterocycles. The molecule has 1 N–H and O–H groups in total. The molecule has 22 heavy (non-hydrogen) atoms. The smallest absolute Gasteiger partial charge is 0.162 e. The molecule has 0 amide bonds. The van der Waals surface area contributed by atoms with Gasteiger partial charge in [-0.25, -0.2) is 9.97 Å². The van der Waals surface area contributed by atoms with E-state index in [1.54, 1.807) is 6.33 Å². The minimum Gasteiger partial charge on any atom is -0.338 e. The van der Waals surface area contributed by atoms with E-state index in [2.05, 4.69) is 25.5 Å². The van der Waals surface area contributed by atoms with Crippen molar-refractivity contribution in [3.63, 3.8) is 0 Å². The fraction of sp³-hybridized carbons (Fsp3) is 0.0588. The lowest BCUT2D eigenvalue weighted by molar-refractivity contribution is 1.09. The molecule has 0 spiro atoms. The first kappa shape index (κ1) is 12.6. The molecule has 0 unspecified atom stereocenters. The first-order valence-corrected chi connectivity index (χ1v) is 7.02. The number of hydrogen-bond donors (Lipinski definition) is 1. The third-order valence-corrected chi connectivity index (χ3v) is 3.64. The van der Waals surface area contributed by atoms with E-state index in [4.69, 9.17) is 0 Å². The highest BCUT2D eigenvalue weighted by atomic mass is 15.1. The monoisotopic (exact) mass is 287 g/mol. The van der Waals surface area contributed by atoms with E-state index in [0.717, 1.165) is 27.7 Å². The molecule has 0 saturated carbocycles. The first-order valence-electron chi connectivity index (χ1n) is 7.02. The maximum atomic E-state index is 4.38. The van der Waals surface area contributed by atoms with Crippen molar-refractivity contribution in [1.29, 1.82) is 0 Å². The van der Waals surface area contributed by atoms with Gasteiger partial charge < -0.3 is 5.32 Å². The molecule has 2 aromatic carbocycles. The van der Waals surface area contributed by atoms with Gasteiger partial charge in [-0.3, -0.25) is 0 Å². The van der Waals surface area contributed by atoms with E-state index in [-0.39, 0.29) is 0 Å². The molecule has 5 heteroatoms. The van der Waals surface area contributed by atoms with Gasteiger partial charge in [0.2, 0.25) is 0 Å². The molecule has 0 aliphatic rings. The van der Waals surface area contributed by atoms with Crippen molar-refractivity contribution in [2.24, 2.45) is 0 Å². The Labute approximate surface area is 127 Å². The van der Waals surface area contributed by atoms with Gasteiger partial charge in [-0.2, -0.15) is 0 Å². The highest BCUT2D eigenvalue weighted by Crippen LogP contribution is 2.26. The number of fused-ring (bicyclic) bond motifs is 3. The summed E-state index contributed by atoms with van der Waals surface area (Å²) in [4.78, 5) is 8.71. The molecule has 0 saturated heterocycles. The van der Waals surface area contributed by atoms with Crippen LogP contribution in [0.5, 0.6) is 0 Å². The Morgan fingerprint density at radius 2 is 1.64 bits per heavy atom. The number of nitrogens with one attached hydrogen (secondary N) is 1. The fourth-order valence-electron chi connectivity index (χ4n) is 2.47. The van der Waals surface area contributed by atoms with Gasteiger partial charge in [-0.05, 0) is 24.6 Å². The van der Waals surface area contributed by atoms with Crippen molar-refractivity contribution < 1.29 is 0 Å². The maximum absolute atomic E-state index is 4.38. The summed E-state index contributed by atoms with van der Waals surface area (Å²) < 4.78 is 0. The largest absolute Gasteiger partial charge is 0.338 e. The summed E-state index contributed by atoms with van der Waals surface area (Å²) in [7, 11) is 0. The van der Waals surface area contributed by atoms with Crippen LogP contribution < -0.4 is 5.32 Å². The number of benzene rings is 2. The minimum absolute atomic E-state index is 0.664. The average molecular weight is 287 g/mol. The van der Waals surface area contributed by atoms with E-state index in [1.807, 2.05) is 55.5 Å². The van der Waals surface area contributed by atoms with Crippen LogP contribution in [0.1, 0.15) is 5.56 Å². The Balaban J connectivity index is 1.92. The molecule has 5 nitrogen and oxygen atoms in total. The molecule has 0 radical (unpaired) electrons. The van der Waals surface area contributed by atoms with Gasteiger partial charge in [0.1, 0.15) is 11.8 Å². The molecular weight excluding hydrogens is 274 g/mol. The molecule has 0 bridgehead atoms. The van der Waals surface area contributed by atoms with E-state index >= 15 is 0 Å². The summed E-state index contributed by atoms with van der Waals surface area (Å²) in [5.41, 5.74) is 4.44. The number of rotatable bonds is 2. The molecule has 0 aliphatic carbocycles. The average Bonchev–Trinajstić information content (AvgIpc) is 2.57. The van der Waals surface area contributed by atoms with Crippen LogP contribution in [0.15, 0.2) is 54.9 Å². The van der Waals surface area contributed by atoms with Gasteiger partial charge in [-0.15, -0.1) is 10.2 Å². The second kappa shape index (κ2) is 5.04. The summed E-state index contributed by atoms with van der Waals surface area (Å²) in [6.07, 6.45) is 1.55. The van der Waals surface area contributed by atoms with Crippen molar-refractivity contribution in [3.8, 4) is 0 Å². The van der Waals surface area contributed by atoms with Crippen molar-refractivity contribution in [2.75, 3.05) is 5.32 Å². The summed E-state index contributed by atoms with van der Waals surface area (Å²) >= 11 is 0. The van der Waals surface area contributed by atoms with Crippen molar-refractivity contribution >= 4 is 33.4 Å². The van der Waals surface area contributed by atoms with Gasteiger partial charge in [0, 0.05) is 11.1 Å². The van der Waals surface area contributed by atoms with E-state index in [9.17, 15) is 0 Å². The standard InChI is InChI=1S/C17H13N5/c1-11-6-2-4-8-13(11)20-17-16-15(18-10-19-17)12-7-3-5-9-14(12)21-22-16/h2-10H,1H3,(H,18,19,20). The van der Waals surface area contributed by atoms with Crippen LogP contribution in [-0.4, -0.2) is 20.2 Å². The molecule has 106 valence electrons. The van der Waals surface area contributed by atoms with Gasteiger partial charge in [-0.1, -0.05) is 36.4 Å². The number of nitrogens with zero attached hydrogens (tertiary/aromatic N) is 4. The first-order chi connectivity index (χ1) is 10.8. The number of aromatic nitrogens is 4. The predicted octanol–water partition coefficient (Wildman–Crippen LogP) is 3.63. The van der Waals surface area contributed by atoms with Crippen molar-refractivity contribution in [1.82, 2.24) is 20.2 Å². The second-order valence-electron chi connectivity index (χ2n) is 5.08. The summed E-state index contributed by atoms with van der Waals surface area (Å²) in [5.74, 6) is 0.664. The third-order valence-electron chi connectivity index (χ3n) is 3.64. The van der Waals surface area contributed by atoms with Crippen LogP contribution in [0.4, 0.5) is 11.5 Å². The topological polar surface area (TPSA) is 63.6 Å². The van der Waals surface area contributed by atoms with E-state index < -0.39 is 0 Å². The lowest BCUT2D eigenvalue weighted by Gasteiger charge is -2.10.